The van der Waals surface area contributed by atoms with Crippen LogP contribution in [0.3, 0.4) is 0 Å². The molecular weight excluding hydrogens is 745 g/mol. The minimum atomic E-state index is -0.822. The fourth-order valence-corrected chi connectivity index (χ4v) is 6.15. The summed E-state index contributed by atoms with van der Waals surface area (Å²) < 4.78 is 16.6. The topological polar surface area (TPSA) is 78.9 Å². The molecule has 0 heterocycles. The third kappa shape index (κ3) is 45.4. The van der Waals surface area contributed by atoms with E-state index in [-0.39, 0.29) is 44.0 Å². The van der Waals surface area contributed by atoms with Gasteiger partial charge in [-0.3, -0.25) is 14.4 Å². The van der Waals surface area contributed by atoms with Crippen molar-refractivity contribution in [2.24, 2.45) is 0 Å². The van der Waals surface area contributed by atoms with Crippen LogP contribution in [0.5, 0.6) is 0 Å². The van der Waals surface area contributed by atoms with Gasteiger partial charge in [0.15, 0.2) is 6.10 Å². The van der Waals surface area contributed by atoms with Crippen LogP contribution in [-0.2, 0) is 28.6 Å². The van der Waals surface area contributed by atoms with Crippen molar-refractivity contribution < 1.29 is 28.6 Å². The number of ether oxygens (including phenoxy) is 3. The molecule has 0 aromatic carbocycles. The van der Waals surface area contributed by atoms with Gasteiger partial charge >= 0.3 is 17.9 Å². The van der Waals surface area contributed by atoms with Gasteiger partial charge in [0.25, 0.3) is 0 Å². The summed E-state index contributed by atoms with van der Waals surface area (Å²) >= 11 is 0. The zero-order valence-electron chi connectivity index (χ0n) is 38.7. The Labute approximate surface area is 368 Å². The molecule has 6 nitrogen and oxygen atoms in total. The molecule has 0 radical (unpaired) electrons. The molecule has 60 heavy (non-hydrogen) atoms. The molecule has 0 aliphatic carbocycles. The minimum Gasteiger partial charge on any atom is -0.462 e. The first-order valence-electron chi connectivity index (χ1n) is 24.2. The lowest BCUT2D eigenvalue weighted by Gasteiger charge is -2.18. The first-order valence-corrected chi connectivity index (χ1v) is 24.2. The second-order valence-corrected chi connectivity index (χ2v) is 15.6. The summed E-state index contributed by atoms with van der Waals surface area (Å²) in [6, 6.07) is 0. The smallest absolute Gasteiger partial charge is 0.306 e. The highest BCUT2D eigenvalue weighted by molar-refractivity contribution is 5.71. The zero-order chi connectivity index (χ0) is 43.7. The first-order chi connectivity index (χ1) is 29.5. The number of esters is 3. The third-order valence-corrected chi connectivity index (χ3v) is 9.79. The van der Waals surface area contributed by atoms with Crippen LogP contribution in [0.25, 0.3) is 0 Å². The highest BCUT2D eigenvalue weighted by atomic mass is 16.6. The van der Waals surface area contributed by atoms with E-state index in [1.165, 1.54) is 64.2 Å². The molecule has 0 saturated heterocycles. The van der Waals surface area contributed by atoms with E-state index in [1.54, 1.807) is 0 Å². The fourth-order valence-electron chi connectivity index (χ4n) is 6.15. The van der Waals surface area contributed by atoms with E-state index in [9.17, 15) is 14.4 Å². The van der Waals surface area contributed by atoms with Crippen molar-refractivity contribution in [3.8, 4) is 0 Å². The molecule has 0 aromatic heterocycles. The SMILES string of the molecule is CC/C=C\C/C=C\C/C=C\CCCCC(=O)OCC(COC(=O)CCC/C=C\C/C=C\C/C=C\C/C=C\CCCCC)OC(=O)CCCCC/C=C\CCCCCCCC. The average Bonchev–Trinajstić information content (AvgIpc) is 3.24. The van der Waals surface area contributed by atoms with Crippen LogP contribution < -0.4 is 0 Å². The van der Waals surface area contributed by atoms with Gasteiger partial charge in [0.1, 0.15) is 13.2 Å². The van der Waals surface area contributed by atoms with Crippen LogP contribution in [0, 0.1) is 0 Å². The number of hydrogen-bond acceptors (Lipinski definition) is 6. The molecule has 0 bridgehead atoms. The van der Waals surface area contributed by atoms with Crippen LogP contribution in [0.4, 0.5) is 0 Å². The number of rotatable bonds is 42. The lowest BCUT2D eigenvalue weighted by molar-refractivity contribution is -0.167. The molecular formula is C54H88O6. The van der Waals surface area contributed by atoms with Crippen molar-refractivity contribution in [2.75, 3.05) is 13.2 Å². The Morgan fingerprint density at radius 3 is 1.17 bits per heavy atom. The van der Waals surface area contributed by atoms with Gasteiger partial charge in [-0.15, -0.1) is 0 Å². The molecule has 0 saturated carbocycles. The second kappa shape index (κ2) is 48.0. The summed E-state index contributed by atoms with van der Waals surface area (Å²) in [7, 11) is 0. The molecule has 0 N–H and O–H groups in total. The predicted molar refractivity (Wildman–Crippen MR) is 256 cm³/mol. The first kappa shape index (κ1) is 56.3. The van der Waals surface area contributed by atoms with E-state index in [1.807, 2.05) is 0 Å². The lowest BCUT2D eigenvalue weighted by Crippen LogP contribution is -2.30. The number of hydrogen-bond donors (Lipinski definition) is 0. The standard InChI is InChI=1S/C54H88O6/c1-4-7-10-13-16-19-22-25-26-27-28-30-32-35-38-41-44-47-53(56)59-50-51(49-58-52(55)46-43-40-37-34-31-24-21-18-15-12-9-6-3)60-54(57)48-45-42-39-36-33-29-23-20-17-14-11-8-5-2/h9,12,16,18-19,21,25-26,28-31,33-35,38,51H,4-8,10-11,13-15,17,20,22-24,27,32,36-37,39-50H2,1-3H3/b12-9-,19-16-,21-18-,26-25-,30-28-,33-29-,34-31-,38-35-. The van der Waals surface area contributed by atoms with Gasteiger partial charge in [0, 0.05) is 19.3 Å². The maximum atomic E-state index is 12.7. The van der Waals surface area contributed by atoms with Crippen molar-refractivity contribution in [1.82, 2.24) is 0 Å². The van der Waals surface area contributed by atoms with Gasteiger partial charge in [-0.05, 0) is 116 Å². The van der Waals surface area contributed by atoms with E-state index >= 15 is 0 Å². The van der Waals surface area contributed by atoms with Gasteiger partial charge in [0.05, 0.1) is 0 Å². The summed E-state index contributed by atoms with van der Waals surface area (Å²) in [5.41, 5.74) is 0. The summed E-state index contributed by atoms with van der Waals surface area (Å²) in [4.78, 5) is 37.8. The zero-order valence-corrected chi connectivity index (χ0v) is 38.7. The van der Waals surface area contributed by atoms with Gasteiger partial charge < -0.3 is 14.2 Å². The summed E-state index contributed by atoms with van der Waals surface area (Å²) in [6.45, 7) is 6.37. The van der Waals surface area contributed by atoms with Gasteiger partial charge in [0.2, 0.25) is 0 Å². The van der Waals surface area contributed by atoms with E-state index < -0.39 is 6.10 Å². The van der Waals surface area contributed by atoms with Gasteiger partial charge in [-0.1, -0.05) is 169 Å². The maximum Gasteiger partial charge on any atom is 0.306 e. The molecule has 0 fully saturated rings. The van der Waals surface area contributed by atoms with Crippen LogP contribution in [0.15, 0.2) is 97.2 Å². The molecule has 0 aliphatic heterocycles. The molecule has 340 valence electrons. The van der Waals surface area contributed by atoms with Crippen molar-refractivity contribution in [2.45, 2.75) is 213 Å². The van der Waals surface area contributed by atoms with Gasteiger partial charge in [-0.25, -0.2) is 0 Å². The Balaban J connectivity index is 4.55. The third-order valence-electron chi connectivity index (χ3n) is 9.79. The highest BCUT2D eigenvalue weighted by Gasteiger charge is 2.19. The van der Waals surface area contributed by atoms with Crippen molar-refractivity contribution in [3.63, 3.8) is 0 Å². The number of carbonyl (C=O) groups excluding carboxylic acids is 3. The Kier molecular flexibility index (Phi) is 45.1. The lowest BCUT2D eigenvalue weighted by atomic mass is 10.1. The van der Waals surface area contributed by atoms with Crippen molar-refractivity contribution in [3.05, 3.63) is 97.2 Å². The molecule has 0 aliphatic rings. The molecule has 0 aromatic rings. The second-order valence-electron chi connectivity index (χ2n) is 15.6. The average molecular weight is 833 g/mol. The quantitative estimate of drug-likeness (QED) is 0.0264. The van der Waals surface area contributed by atoms with E-state index in [2.05, 4.69) is 118 Å². The maximum absolute atomic E-state index is 12.7. The summed E-state index contributed by atoms with van der Waals surface area (Å²) in [5.74, 6) is -1.04. The van der Waals surface area contributed by atoms with Crippen LogP contribution in [0.1, 0.15) is 207 Å². The van der Waals surface area contributed by atoms with Crippen LogP contribution in [0.2, 0.25) is 0 Å². The fraction of sp³-hybridized carbons (Fsp3) is 0.648. The normalized spacial score (nSPS) is 12.9. The Bertz CT molecular complexity index is 1230. The highest BCUT2D eigenvalue weighted by Crippen LogP contribution is 2.11. The van der Waals surface area contributed by atoms with Gasteiger partial charge in [-0.2, -0.15) is 0 Å². The molecule has 0 spiro atoms. The minimum absolute atomic E-state index is 0.122. The largest absolute Gasteiger partial charge is 0.462 e. The number of allylic oxidation sites excluding steroid dienone is 16. The molecule has 1 unspecified atom stereocenters. The molecule has 1 atom stereocenters. The van der Waals surface area contributed by atoms with Crippen LogP contribution in [-0.4, -0.2) is 37.2 Å². The van der Waals surface area contributed by atoms with E-state index in [0.717, 1.165) is 89.9 Å². The van der Waals surface area contributed by atoms with E-state index in [4.69, 9.17) is 14.2 Å². The van der Waals surface area contributed by atoms with E-state index in [0.29, 0.717) is 19.3 Å². The molecule has 0 amide bonds. The molecule has 0 rings (SSSR count). The Morgan fingerprint density at radius 2 is 0.667 bits per heavy atom. The van der Waals surface area contributed by atoms with Crippen molar-refractivity contribution in [1.29, 1.82) is 0 Å². The van der Waals surface area contributed by atoms with Crippen LogP contribution >= 0.6 is 0 Å². The Morgan fingerprint density at radius 1 is 0.350 bits per heavy atom. The monoisotopic (exact) mass is 833 g/mol. The summed E-state index contributed by atoms with van der Waals surface area (Å²) in [6.07, 6.45) is 62.6. The number of carbonyl (C=O) groups is 3. The van der Waals surface area contributed by atoms with Crippen molar-refractivity contribution >= 4 is 17.9 Å². The number of unbranched alkanes of at least 4 members (excludes halogenated alkanes) is 15. The predicted octanol–water partition coefficient (Wildman–Crippen LogP) is 15.8. The Hall–Kier alpha value is -3.67. The summed E-state index contributed by atoms with van der Waals surface area (Å²) in [5, 5.41) is 0. The molecule has 6 heteroatoms.